The van der Waals surface area contributed by atoms with E-state index in [0.29, 0.717) is 86.8 Å². The number of hydrogen-bond donors (Lipinski definition) is 3. The van der Waals surface area contributed by atoms with E-state index in [1.54, 1.807) is 26.4 Å². The molecule has 5 fully saturated rings. The number of hydrogen-bond acceptors (Lipinski definition) is 12. The number of nitrogens with one attached hydrogen (secondary N) is 3. The van der Waals surface area contributed by atoms with Gasteiger partial charge in [0.25, 0.3) is 5.56 Å². The van der Waals surface area contributed by atoms with Gasteiger partial charge in [-0.1, -0.05) is 18.5 Å². The van der Waals surface area contributed by atoms with Crippen LogP contribution < -0.4 is 36.0 Å². The number of nitrogens with zero attached hydrogens (tertiary/aromatic N) is 8. The molecular formula is C49H57ClF3N11O4. The number of fused-ring (bicyclic) bond motifs is 4. The lowest BCUT2D eigenvalue weighted by Gasteiger charge is -2.48. The fourth-order valence-corrected chi connectivity index (χ4v) is 11.9. The van der Waals surface area contributed by atoms with E-state index >= 15 is 13.2 Å². The molecule has 15 nitrogen and oxygen atoms in total. The molecule has 0 radical (unpaired) electrons. The van der Waals surface area contributed by atoms with Crippen molar-refractivity contribution >= 4 is 74.0 Å². The molecule has 4 saturated heterocycles. The summed E-state index contributed by atoms with van der Waals surface area (Å²) in [4.78, 5) is 54.2. The highest BCUT2D eigenvalue weighted by molar-refractivity contribution is 6.33. The first-order valence-corrected chi connectivity index (χ1v) is 24.5. The Morgan fingerprint density at radius 3 is 2.44 bits per heavy atom. The molecule has 8 heterocycles. The lowest BCUT2D eigenvalue weighted by atomic mass is 9.71. The standard InChI is InChI=1S/C49H57ClF3N11O4/c1-27-24-64(36-10-7-31-39(59-61(3)41(31)38(36)51)32-8-11-37(65)56-45(32)66)17-12-29(27)25-62-18-13-48(14-19-62)15-20-63(21-16-48)47-54-23-34(50)44(58-47)55-30-6-9-35-33(22-30)40-42(46(67)60(35)2)68-26-49(52,53)43(57-40)28-4-5-28/h6-7,9-10,22-23,27-29,32,43,57H,4-5,8,11-21,24-26H2,1-3H3,(H,54,55,58)(H,56,65,66)/t27-,29-,32?,43+/m1/s1. The van der Waals surface area contributed by atoms with Crippen LogP contribution in [0.5, 0.6) is 5.75 Å². The molecule has 6 aliphatic rings. The predicted octanol–water partition coefficient (Wildman–Crippen LogP) is 7.33. The summed E-state index contributed by atoms with van der Waals surface area (Å²) in [6.07, 6.45) is 8.91. The van der Waals surface area contributed by atoms with Gasteiger partial charge in [-0.2, -0.15) is 10.1 Å². The number of halogens is 4. The minimum atomic E-state index is -3.13. The van der Waals surface area contributed by atoms with Gasteiger partial charge in [0.15, 0.2) is 18.2 Å². The van der Waals surface area contributed by atoms with Crippen molar-refractivity contribution in [3.8, 4) is 5.75 Å². The summed E-state index contributed by atoms with van der Waals surface area (Å²) in [5.74, 6) is -3.12. The second-order valence-corrected chi connectivity index (χ2v) is 20.8. The van der Waals surface area contributed by atoms with Crippen molar-refractivity contribution in [2.45, 2.75) is 82.6 Å². The van der Waals surface area contributed by atoms with Crippen LogP contribution in [0.2, 0.25) is 5.02 Å². The lowest BCUT2D eigenvalue weighted by Crippen LogP contribution is -2.49. The molecule has 1 saturated carbocycles. The SMILES string of the molecule is C[C@@H]1CN(c2ccc3c(C4CCC(=O)NC4=O)nn(C)c3c2F)CC[C@@H]1CN1CCC2(CC1)CCN(c1ncc(Cl)c(Nc3ccc4c(c3)c3c(c(=O)n4C)OCC(F)(F)[C@H](C4CC4)N3)n1)CC2. The van der Waals surface area contributed by atoms with Gasteiger partial charge in [0.1, 0.15) is 10.5 Å². The summed E-state index contributed by atoms with van der Waals surface area (Å²) in [5.41, 5.74) is 2.72. The molecule has 5 aliphatic heterocycles. The van der Waals surface area contributed by atoms with Crippen LogP contribution >= 0.6 is 11.6 Å². The molecular weight excluding hydrogens is 899 g/mol. The smallest absolute Gasteiger partial charge is 0.301 e. The predicted molar refractivity (Wildman–Crippen MR) is 255 cm³/mol. The fourth-order valence-electron chi connectivity index (χ4n) is 11.7. The molecule has 2 aromatic carbocycles. The molecule has 5 aromatic rings. The number of amides is 2. The van der Waals surface area contributed by atoms with Crippen LogP contribution in [0.15, 0.2) is 41.3 Å². The van der Waals surface area contributed by atoms with Crippen LogP contribution in [0, 0.1) is 29.0 Å². The lowest BCUT2D eigenvalue weighted by molar-refractivity contribution is -0.134. The molecule has 11 rings (SSSR count). The van der Waals surface area contributed by atoms with Crippen LogP contribution in [-0.4, -0.2) is 105 Å². The Morgan fingerprint density at radius 1 is 0.941 bits per heavy atom. The molecule has 68 heavy (non-hydrogen) atoms. The van der Waals surface area contributed by atoms with Gasteiger partial charge < -0.3 is 34.6 Å². The highest BCUT2D eigenvalue weighted by Gasteiger charge is 2.51. The molecule has 1 aliphatic carbocycles. The summed E-state index contributed by atoms with van der Waals surface area (Å²) in [6, 6.07) is 7.97. The van der Waals surface area contributed by atoms with Gasteiger partial charge in [-0.05, 0) is 118 Å². The van der Waals surface area contributed by atoms with Crippen LogP contribution in [0.4, 0.5) is 42.0 Å². The zero-order valence-corrected chi connectivity index (χ0v) is 39.4. The molecule has 3 aromatic heterocycles. The highest BCUT2D eigenvalue weighted by Crippen LogP contribution is 2.47. The molecule has 19 heteroatoms. The highest BCUT2D eigenvalue weighted by atomic mass is 35.5. The van der Waals surface area contributed by atoms with Crippen molar-refractivity contribution in [3.63, 3.8) is 0 Å². The molecule has 2 amide bonds. The topological polar surface area (TPSA) is 155 Å². The molecule has 4 atom stereocenters. The number of carbonyl (C=O) groups is 2. The maximum atomic E-state index is 16.3. The van der Waals surface area contributed by atoms with Crippen molar-refractivity contribution in [2.75, 3.05) is 72.9 Å². The summed E-state index contributed by atoms with van der Waals surface area (Å²) in [7, 11) is 3.31. The Morgan fingerprint density at radius 2 is 1.71 bits per heavy atom. The van der Waals surface area contributed by atoms with Crippen molar-refractivity contribution in [2.24, 2.45) is 37.3 Å². The van der Waals surface area contributed by atoms with Crippen LogP contribution in [0.1, 0.15) is 76.3 Å². The van der Waals surface area contributed by atoms with E-state index in [1.165, 1.54) is 9.25 Å². The maximum absolute atomic E-state index is 16.3. The number of alkyl halides is 2. The van der Waals surface area contributed by atoms with E-state index in [0.717, 1.165) is 77.9 Å². The third kappa shape index (κ3) is 8.07. The van der Waals surface area contributed by atoms with Gasteiger partial charge >= 0.3 is 5.92 Å². The van der Waals surface area contributed by atoms with E-state index in [4.69, 9.17) is 21.3 Å². The number of aryl methyl sites for hydroxylation is 2. The molecule has 1 spiro atoms. The Labute approximate surface area is 396 Å². The second-order valence-electron chi connectivity index (χ2n) is 20.4. The number of benzene rings is 2. The number of ether oxygens (including phenoxy) is 1. The Balaban J connectivity index is 0.699. The largest absolute Gasteiger partial charge is 0.480 e. The Bertz CT molecular complexity index is 2890. The van der Waals surface area contributed by atoms with Crippen LogP contribution in [0.25, 0.3) is 21.8 Å². The summed E-state index contributed by atoms with van der Waals surface area (Å²) in [6.45, 7) is 7.71. The van der Waals surface area contributed by atoms with Gasteiger partial charge in [0.05, 0.1) is 40.7 Å². The number of carbonyl (C=O) groups excluding carboxylic acids is 2. The molecule has 3 N–H and O–H groups in total. The number of piperidine rings is 4. The Hall–Kier alpha value is -5.62. The van der Waals surface area contributed by atoms with Crippen molar-refractivity contribution in [1.29, 1.82) is 0 Å². The zero-order chi connectivity index (χ0) is 47.2. The monoisotopic (exact) mass is 955 g/mol. The summed E-state index contributed by atoms with van der Waals surface area (Å²) >= 11 is 6.67. The van der Waals surface area contributed by atoms with Gasteiger partial charge in [0, 0.05) is 69.7 Å². The van der Waals surface area contributed by atoms with Gasteiger partial charge in [-0.25, -0.2) is 18.2 Å². The number of imide groups is 1. The minimum absolute atomic E-state index is 0.107. The molecule has 360 valence electrons. The van der Waals surface area contributed by atoms with Crippen LogP contribution in [-0.2, 0) is 23.7 Å². The number of likely N-dealkylation sites (tertiary alicyclic amines) is 1. The van der Waals surface area contributed by atoms with Gasteiger partial charge in [0.2, 0.25) is 23.5 Å². The average Bonchev–Trinajstić information content (AvgIpc) is 4.12. The van der Waals surface area contributed by atoms with E-state index in [2.05, 4.69) is 47.7 Å². The fraction of sp³-hybridized carbons (Fsp3) is 0.551. The second kappa shape index (κ2) is 17.1. The third-order valence-corrected chi connectivity index (χ3v) is 16.3. The summed E-state index contributed by atoms with van der Waals surface area (Å²) in [5, 5.41) is 14.9. The van der Waals surface area contributed by atoms with E-state index in [1.807, 2.05) is 24.3 Å². The van der Waals surface area contributed by atoms with Crippen molar-refractivity contribution in [3.05, 3.63) is 63.4 Å². The van der Waals surface area contributed by atoms with Crippen LogP contribution in [0.3, 0.4) is 0 Å². The van der Waals surface area contributed by atoms with Crippen molar-refractivity contribution in [1.82, 2.24) is 34.5 Å². The van der Waals surface area contributed by atoms with Gasteiger partial charge in [-0.3, -0.25) is 24.4 Å². The van der Waals surface area contributed by atoms with Gasteiger partial charge in [-0.15, -0.1) is 0 Å². The number of pyridine rings is 1. The first-order chi connectivity index (χ1) is 32.6. The molecule has 0 bridgehead atoms. The average molecular weight is 957 g/mol. The normalized spacial score (nSPS) is 25.2. The first-order valence-electron chi connectivity index (χ1n) is 24.1. The van der Waals surface area contributed by atoms with E-state index in [9.17, 15) is 14.4 Å². The zero-order valence-electron chi connectivity index (χ0n) is 38.6. The number of rotatable bonds is 8. The van der Waals surface area contributed by atoms with E-state index in [-0.39, 0.29) is 46.8 Å². The number of aromatic nitrogens is 5. The van der Waals surface area contributed by atoms with Crippen molar-refractivity contribution < 1.29 is 27.5 Å². The first kappa shape index (κ1) is 44.9. The third-order valence-electron chi connectivity index (χ3n) is 16.1. The number of anilines is 5. The van der Waals surface area contributed by atoms with E-state index < -0.39 is 30.0 Å². The maximum Gasteiger partial charge on any atom is 0.301 e. The minimum Gasteiger partial charge on any atom is -0.480 e. The quantitative estimate of drug-likeness (QED) is 0.134. The summed E-state index contributed by atoms with van der Waals surface area (Å²) < 4.78 is 55.2. The Kier molecular flexibility index (Phi) is 11.3. The molecule has 1 unspecified atom stereocenters.